The van der Waals surface area contributed by atoms with Crippen LogP contribution < -0.4 is 16.4 Å². The molecular weight excluding hydrogens is 496 g/mol. The Hall–Kier alpha value is -2.11. The minimum Gasteiger partial charge on any atom is -0.448 e. The zero-order valence-corrected chi connectivity index (χ0v) is 19.8. The molecule has 2 aromatic rings. The molecule has 1 heterocycles. The van der Waals surface area contributed by atoms with Crippen molar-refractivity contribution in [2.75, 3.05) is 42.3 Å². The van der Waals surface area contributed by atoms with Crippen LogP contribution >= 0.6 is 27.5 Å². The normalized spacial score (nSPS) is 12.7. The first kappa shape index (κ1) is 24.2. The molecule has 1 aromatic heterocycles. The second-order valence-electron chi connectivity index (χ2n) is 6.24. The molecule has 164 valence electrons. The molecule has 0 aliphatic rings. The molecule has 9 nitrogen and oxygen atoms in total. The largest absolute Gasteiger partial charge is 0.448 e. The van der Waals surface area contributed by atoms with Gasteiger partial charge in [-0.1, -0.05) is 0 Å². The van der Waals surface area contributed by atoms with Crippen molar-refractivity contribution in [1.29, 1.82) is 0 Å². The van der Waals surface area contributed by atoms with Crippen LogP contribution in [0.15, 0.2) is 38.1 Å². The summed E-state index contributed by atoms with van der Waals surface area (Å²) in [7, 11) is -2.98. The van der Waals surface area contributed by atoms with E-state index < -0.39 is 15.8 Å². The molecule has 0 aliphatic carbocycles. The summed E-state index contributed by atoms with van der Waals surface area (Å²) < 4.78 is 22.2. The highest BCUT2D eigenvalue weighted by molar-refractivity contribution is 9.10. The Labute approximate surface area is 189 Å². The molecule has 1 aromatic carbocycles. The van der Waals surface area contributed by atoms with E-state index in [2.05, 4.69) is 40.9 Å². The predicted octanol–water partition coefficient (Wildman–Crippen LogP) is 4.39. The second kappa shape index (κ2) is 11.3. The smallest absolute Gasteiger partial charge is 0.442 e. The quantitative estimate of drug-likeness (QED) is 0.252. The van der Waals surface area contributed by atoms with Gasteiger partial charge in [0, 0.05) is 31.2 Å². The van der Waals surface area contributed by atoms with E-state index in [0.29, 0.717) is 35.2 Å². The van der Waals surface area contributed by atoms with Crippen LogP contribution in [0.3, 0.4) is 0 Å². The van der Waals surface area contributed by atoms with Gasteiger partial charge in [-0.25, -0.2) is 14.0 Å². The number of hydrogen-bond donors (Lipinski definition) is 3. The third-order valence-electron chi connectivity index (χ3n) is 3.85. The summed E-state index contributed by atoms with van der Waals surface area (Å²) in [6, 6.07) is 4.91. The number of ether oxygens (including phenoxy) is 1. The van der Waals surface area contributed by atoms with Crippen molar-refractivity contribution in [2.45, 2.75) is 24.7 Å². The Bertz CT molecular complexity index is 1010. The van der Waals surface area contributed by atoms with Crippen molar-refractivity contribution in [1.82, 2.24) is 9.97 Å². The predicted molar refractivity (Wildman–Crippen MR) is 124 cm³/mol. The van der Waals surface area contributed by atoms with Gasteiger partial charge in [0.1, 0.15) is 5.82 Å². The molecule has 4 N–H and O–H groups in total. The van der Waals surface area contributed by atoms with Gasteiger partial charge in [-0.2, -0.15) is 4.98 Å². The molecule has 0 aliphatic heterocycles. The summed E-state index contributed by atoms with van der Waals surface area (Å²) >= 11 is 9.16. The Kier molecular flexibility index (Phi) is 9.12. The maximum absolute atomic E-state index is 13.0. The number of aromatic nitrogens is 2. The third-order valence-corrected chi connectivity index (χ3v) is 6.29. The number of halogens is 2. The molecular formula is C18H24BrClN6O3S. The van der Waals surface area contributed by atoms with Crippen LogP contribution in [-0.4, -0.2) is 46.2 Å². The van der Waals surface area contributed by atoms with E-state index in [1.165, 1.54) is 6.26 Å². The van der Waals surface area contributed by atoms with Crippen LogP contribution in [0.25, 0.3) is 0 Å². The van der Waals surface area contributed by atoms with E-state index >= 15 is 0 Å². The molecule has 1 atom stereocenters. The number of nitrogens with zero attached hydrogens (tertiary/aromatic N) is 3. The number of rotatable bonds is 9. The first-order valence-corrected chi connectivity index (χ1v) is 12.3. The van der Waals surface area contributed by atoms with Gasteiger partial charge in [-0.3, -0.25) is 0 Å². The maximum atomic E-state index is 13.0. The Balaban J connectivity index is 1.95. The molecule has 12 heteroatoms. The summed E-state index contributed by atoms with van der Waals surface area (Å²) in [5, 5.41) is 6.59. The van der Waals surface area contributed by atoms with Crippen LogP contribution in [-0.2, 0) is 14.5 Å². The van der Waals surface area contributed by atoms with Gasteiger partial charge in [-0.15, -0.1) is 4.36 Å². The van der Waals surface area contributed by atoms with E-state index in [1.807, 2.05) is 0 Å². The van der Waals surface area contributed by atoms with Gasteiger partial charge < -0.3 is 21.1 Å². The monoisotopic (exact) mass is 518 g/mol. The van der Waals surface area contributed by atoms with Crippen molar-refractivity contribution in [2.24, 2.45) is 4.36 Å². The highest BCUT2D eigenvalue weighted by atomic mass is 79.9. The van der Waals surface area contributed by atoms with E-state index in [0.717, 1.165) is 17.3 Å². The molecule has 0 fully saturated rings. The number of anilines is 3. The highest BCUT2D eigenvalue weighted by Crippen LogP contribution is 2.26. The first-order valence-electron chi connectivity index (χ1n) is 9.17. The molecule has 2 rings (SSSR count). The first-order chi connectivity index (χ1) is 14.2. The van der Waals surface area contributed by atoms with Gasteiger partial charge in [0.2, 0.25) is 5.28 Å². The Morgan fingerprint density at radius 3 is 2.73 bits per heavy atom. The molecule has 30 heavy (non-hydrogen) atoms. The van der Waals surface area contributed by atoms with E-state index in [4.69, 9.17) is 22.1 Å². The van der Waals surface area contributed by atoms with Gasteiger partial charge in [0.15, 0.2) is 0 Å². The number of carbonyl (C=O) groups is 1. The Morgan fingerprint density at radius 2 is 2.03 bits per heavy atom. The molecule has 1 amide bonds. The fourth-order valence-corrected chi connectivity index (χ4v) is 4.27. The lowest BCUT2D eigenvalue weighted by molar-refractivity contribution is 0.164. The van der Waals surface area contributed by atoms with Crippen molar-refractivity contribution in [3.8, 4) is 0 Å². The SMILES string of the molecule is CCOC(=O)N=S(C)(=O)c1ccc(N)cc1NCCCCNc1nc(Cl)ncc1Br. The molecule has 0 radical (unpaired) electrons. The Morgan fingerprint density at radius 1 is 1.33 bits per heavy atom. The summed E-state index contributed by atoms with van der Waals surface area (Å²) in [6.07, 6.45) is 3.79. The summed E-state index contributed by atoms with van der Waals surface area (Å²) in [6.45, 7) is 3.11. The maximum Gasteiger partial charge on any atom is 0.442 e. The van der Waals surface area contributed by atoms with Crippen molar-refractivity contribution in [3.05, 3.63) is 34.2 Å². The molecule has 1 unspecified atom stereocenters. The zero-order chi connectivity index (χ0) is 22.1. The van der Waals surface area contributed by atoms with Crippen LogP contribution in [0.4, 0.5) is 22.0 Å². The zero-order valence-electron chi connectivity index (χ0n) is 16.7. The van der Waals surface area contributed by atoms with Crippen molar-refractivity contribution >= 4 is 60.5 Å². The molecule has 0 spiro atoms. The summed E-state index contributed by atoms with van der Waals surface area (Å²) in [5.74, 6) is 0.632. The average Bonchev–Trinajstić information content (AvgIpc) is 2.66. The van der Waals surface area contributed by atoms with Crippen LogP contribution in [0.5, 0.6) is 0 Å². The van der Waals surface area contributed by atoms with E-state index in [1.54, 1.807) is 31.3 Å². The molecule has 0 saturated carbocycles. The number of nitrogens with two attached hydrogens (primary N) is 1. The third kappa shape index (κ3) is 7.29. The van der Waals surface area contributed by atoms with Gasteiger partial charge in [0.25, 0.3) is 0 Å². The van der Waals surface area contributed by atoms with Crippen LogP contribution in [0.1, 0.15) is 19.8 Å². The number of carbonyl (C=O) groups excluding carboxylic acids is 1. The fraction of sp³-hybridized carbons (Fsp3) is 0.389. The van der Waals surface area contributed by atoms with Crippen molar-refractivity contribution in [3.63, 3.8) is 0 Å². The number of nitrogens with one attached hydrogen (secondary N) is 2. The number of amides is 1. The highest BCUT2D eigenvalue weighted by Gasteiger charge is 2.15. The molecule has 0 bridgehead atoms. The second-order valence-corrected chi connectivity index (χ2v) is 9.66. The summed E-state index contributed by atoms with van der Waals surface area (Å²) in [4.78, 5) is 20.1. The minimum absolute atomic E-state index is 0.163. The minimum atomic E-state index is -2.98. The summed E-state index contributed by atoms with van der Waals surface area (Å²) in [5.41, 5.74) is 6.96. The topological polar surface area (TPSA) is 132 Å². The van der Waals surface area contributed by atoms with Crippen LogP contribution in [0.2, 0.25) is 5.28 Å². The lowest BCUT2D eigenvalue weighted by Crippen LogP contribution is -2.11. The lowest BCUT2D eigenvalue weighted by Gasteiger charge is -2.14. The number of benzene rings is 1. The fourth-order valence-electron chi connectivity index (χ4n) is 2.51. The van der Waals surface area contributed by atoms with E-state index in [9.17, 15) is 9.00 Å². The number of unbranched alkanes of at least 4 members (excludes halogenated alkanes) is 1. The number of hydrogen-bond acceptors (Lipinski definition) is 8. The van der Waals surface area contributed by atoms with Crippen molar-refractivity contribution < 1.29 is 13.7 Å². The van der Waals surface area contributed by atoms with Gasteiger partial charge in [0.05, 0.1) is 31.4 Å². The standard InChI is InChI=1S/C18H24BrClN6O3S/c1-3-29-18(27)26-30(2,28)15-7-6-12(21)10-14(15)22-8-4-5-9-23-16-13(19)11-24-17(20)25-16/h6-7,10-11,22H,3-5,8-9,21H2,1-2H3,(H,23,24,25). The van der Waals surface area contributed by atoms with Gasteiger partial charge in [-0.05, 0) is 65.5 Å². The number of nitrogen functional groups attached to an aromatic ring is 1. The van der Waals surface area contributed by atoms with E-state index in [-0.39, 0.29) is 11.9 Å². The molecule has 0 saturated heterocycles. The van der Waals surface area contributed by atoms with Gasteiger partial charge >= 0.3 is 6.09 Å². The lowest BCUT2D eigenvalue weighted by atomic mass is 10.2. The van der Waals surface area contributed by atoms with Crippen LogP contribution in [0, 0.1) is 0 Å². The average molecular weight is 520 g/mol.